The molecule has 0 aliphatic rings. The second kappa shape index (κ2) is 6.78. The van der Waals surface area contributed by atoms with E-state index in [-0.39, 0.29) is 6.54 Å². The number of alkyl halides is 3. The molecular formula is C13H14ClF3N2. The average Bonchev–Trinajstić information content (AvgIpc) is 2.30. The molecule has 2 nitrogen and oxygen atoms in total. The molecule has 6 heteroatoms. The van der Waals surface area contributed by atoms with Crippen LogP contribution in [0.3, 0.4) is 0 Å². The van der Waals surface area contributed by atoms with Gasteiger partial charge in [-0.25, -0.2) is 0 Å². The summed E-state index contributed by atoms with van der Waals surface area (Å²) in [7, 11) is 0. The minimum atomic E-state index is -4.23. The smallest absolute Gasteiger partial charge is 0.291 e. The first-order chi connectivity index (χ1) is 8.85. The summed E-state index contributed by atoms with van der Waals surface area (Å²) in [5, 5.41) is 9.03. The van der Waals surface area contributed by atoms with Crippen molar-refractivity contribution in [2.24, 2.45) is 0 Å². The van der Waals surface area contributed by atoms with E-state index in [0.29, 0.717) is 29.1 Å². The third-order valence-corrected chi connectivity index (χ3v) is 2.87. The summed E-state index contributed by atoms with van der Waals surface area (Å²) in [4.78, 5) is 1.30. The van der Waals surface area contributed by atoms with E-state index in [0.717, 1.165) is 0 Å². The SMILES string of the molecule is CCCN(Cc1ccc(C#N)cc1Cl)CC(F)(F)F. The van der Waals surface area contributed by atoms with E-state index in [1.165, 1.54) is 11.0 Å². The Morgan fingerprint density at radius 3 is 2.53 bits per heavy atom. The highest BCUT2D eigenvalue weighted by atomic mass is 35.5. The summed E-state index contributed by atoms with van der Waals surface area (Å²) < 4.78 is 37.3. The van der Waals surface area contributed by atoms with Gasteiger partial charge in [-0.1, -0.05) is 24.6 Å². The van der Waals surface area contributed by atoms with E-state index in [2.05, 4.69) is 0 Å². The molecule has 0 aliphatic carbocycles. The van der Waals surface area contributed by atoms with Crippen molar-refractivity contribution in [2.45, 2.75) is 26.1 Å². The summed E-state index contributed by atoms with van der Waals surface area (Å²) in [6, 6.07) is 6.55. The largest absolute Gasteiger partial charge is 0.401 e. The molecule has 0 aliphatic heterocycles. The molecular weight excluding hydrogens is 277 g/mol. The molecule has 1 rings (SSSR count). The fourth-order valence-electron chi connectivity index (χ4n) is 1.77. The summed E-state index contributed by atoms with van der Waals surface area (Å²) in [5.74, 6) is 0. The summed E-state index contributed by atoms with van der Waals surface area (Å²) in [5.41, 5.74) is 0.991. The molecule has 19 heavy (non-hydrogen) atoms. The van der Waals surface area contributed by atoms with Gasteiger partial charge in [0.1, 0.15) is 0 Å². The lowest BCUT2D eigenvalue weighted by Gasteiger charge is -2.23. The summed E-state index contributed by atoms with van der Waals surface area (Å²) >= 11 is 5.96. The predicted molar refractivity (Wildman–Crippen MR) is 67.8 cm³/mol. The summed E-state index contributed by atoms with van der Waals surface area (Å²) in [6.07, 6.45) is -3.60. The molecule has 0 saturated heterocycles. The summed E-state index contributed by atoms with van der Waals surface area (Å²) in [6.45, 7) is 1.33. The lowest BCUT2D eigenvalue weighted by molar-refractivity contribution is -0.147. The van der Waals surface area contributed by atoms with Crippen molar-refractivity contribution in [3.63, 3.8) is 0 Å². The van der Waals surface area contributed by atoms with Gasteiger partial charge in [0.05, 0.1) is 18.2 Å². The molecule has 0 atom stereocenters. The zero-order valence-electron chi connectivity index (χ0n) is 10.5. The van der Waals surface area contributed by atoms with Crippen LogP contribution in [-0.4, -0.2) is 24.2 Å². The van der Waals surface area contributed by atoms with Gasteiger partial charge in [0, 0.05) is 11.6 Å². The Kier molecular flexibility index (Phi) is 5.64. The van der Waals surface area contributed by atoms with Gasteiger partial charge < -0.3 is 0 Å². The predicted octanol–water partition coefficient (Wildman–Crippen LogP) is 3.99. The van der Waals surface area contributed by atoms with Gasteiger partial charge in [-0.3, -0.25) is 4.90 Å². The lowest BCUT2D eigenvalue weighted by atomic mass is 10.1. The monoisotopic (exact) mass is 290 g/mol. The van der Waals surface area contributed by atoms with Crippen LogP contribution in [0, 0.1) is 11.3 Å². The van der Waals surface area contributed by atoms with Gasteiger partial charge in [-0.2, -0.15) is 18.4 Å². The normalized spacial score (nSPS) is 11.6. The molecule has 1 aromatic carbocycles. The van der Waals surface area contributed by atoms with Crippen molar-refractivity contribution < 1.29 is 13.2 Å². The fourth-order valence-corrected chi connectivity index (χ4v) is 2.01. The molecule has 0 heterocycles. The molecule has 0 saturated carbocycles. The van der Waals surface area contributed by atoms with E-state index in [1.807, 2.05) is 13.0 Å². The Hall–Kier alpha value is -1.25. The number of halogens is 4. The average molecular weight is 291 g/mol. The minimum Gasteiger partial charge on any atom is -0.291 e. The highest BCUT2D eigenvalue weighted by Gasteiger charge is 2.30. The lowest BCUT2D eigenvalue weighted by Crippen LogP contribution is -2.34. The van der Waals surface area contributed by atoms with Gasteiger partial charge in [-0.05, 0) is 30.7 Å². The second-order valence-electron chi connectivity index (χ2n) is 4.24. The molecule has 0 radical (unpaired) electrons. The number of rotatable bonds is 5. The third-order valence-electron chi connectivity index (χ3n) is 2.52. The topological polar surface area (TPSA) is 27.0 Å². The second-order valence-corrected chi connectivity index (χ2v) is 4.65. The Balaban J connectivity index is 2.82. The Labute approximate surface area is 115 Å². The van der Waals surface area contributed by atoms with Crippen LogP contribution < -0.4 is 0 Å². The van der Waals surface area contributed by atoms with Gasteiger partial charge in [0.15, 0.2) is 0 Å². The zero-order valence-corrected chi connectivity index (χ0v) is 11.2. The van der Waals surface area contributed by atoms with Gasteiger partial charge in [-0.15, -0.1) is 0 Å². The number of hydrogen-bond donors (Lipinski definition) is 0. The first kappa shape index (κ1) is 15.8. The van der Waals surface area contributed by atoms with Crippen LogP contribution in [0.4, 0.5) is 13.2 Å². The van der Waals surface area contributed by atoms with Crippen LogP contribution in [0.2, 0.25) is 5.02 Å². The van der Waals surface area contributed by atoms with Crippen LogP contribution in [0.25, 0.3) is 0 Å². The van der Waals surface area contributed by atoms with E-state index >= 15 is 0 Å². The van der Waals surface area contributed by atoms with Crippen molar-refractivity contribution in [3.05, 3.63) is 34.3 Å². The zero-order chi connectivity index (χ0) is 14.5. The van der Waals surface area contributed by atoms with Crippen molar-refractivity contribution in [2.75, 3.05) is 13.1 Å². The first-order valence-corrected chi connectivity index (χ1v) is 6.21. The van der Waals surface area contributed by atoms with Crippen molar-refractivity contribution in [3.8, 4) is 6.07 Å². The van der Waals surface area contributed by atoms with Crippen LogP contribution in [0.15, 0.2) is 18.2 Å². The Morgan fingerprint density at radius 1 is 1.37 bits per heavy atom. The van der Waals surface area contributed by atoms with Crippen molar-refractivity contribution in [1.29, 1.82) is 5.26 Å². The molecule has 0 spiro atoms. The Morgan fingerprint density at radius 2 is 2.05 bits per heavy atom. The third kappa shape index (κ3) is 5.50. The van der Waals surface area contributed by atoms with Crippen molar-refractivity contribution >= 4 is 11.6 Å². The molecule has 104 valence electrons. The number of nitriles is 1. The van der Waals surface area contributed by atoms with Crippen LogP contribution in [-0.2, 0) is 6.54 Å². The molecule has 0 bridgehead atoms. The van der Waals surface area contributed by atoms with Crippen LogP contribution in [0.5, 0.6) is 0 Å². The minimum absolute atomic E-state index is 0.123. The van der Waals surface area contributed by atoms with Crippen LogP contribution >= 0.6 is 11.6 Å². The van der Waals surface area contributed by atoms with E-state index in [9.17, 15) is 13.2 Å². The van der Waals surface area contributed by atoms with E-state index < -0.39 is 12.7 Å². The van der Waals surface area contributed by atoms with E-state index in [1.54, 1.807) is 12.1 Å². The quantitative estimate of drug-likeness (QED) is 0.820. The number of nitrogens with zero attached hydrogens (tertiary/aromatic N) is 2. The molecule has 0 fully saturated rings. The van der Waals surface area contributed by atoms with Gasteiger partial charge in [0.25, 0.3) is 0 Å². The van der Waals surface area contributed by atoms with Gasteiger partial charge >= 0.3 is 6.18 Å². The molecule has 0 unspecified atom stereocenters. The fraction of sp³-hybridized carbons (Fsp3) is 0.462. The number of hydrogen-bond acceptors (Lipinski definition) is 2. The molecule has 0 aromatic heterocycles. The molecule has 0 N–H and O–H groups in total. The molecule has 0 amide bonds. The highest BCUT2D eigenvalue weighted by molar-refractivity contribution is 6.31. The van der Waals surface area contributed by atoms with E-state index in [4.69, 9.17) is 16.9 Å². The van der Waals surface area contributed by atoms with Gasteiger partial charge in [0.2, 0.25) is 0 Å². The maximum atomic E-state index is 12.4. The van der Waals surface area contributed by atoms with Crippen molar-refractivity contribution in [1.82, 2.24) is 4.90 Å². The van der Waals surface area contributed by atoms with Crippen LogP contribution in [0.1, 0.15) is 24.5 Å². The highest BCUT2D eigenvalue weighted by Crippen LogP contribution is 2.22. The first-order valence-electron chi connectivity index (χ1n) is 5.83. The maximum Gasteiger partial charge on any atom is 0.401 e. The number of benzene rings is 1. The maximum absolute atomic E-state index is 12.4. The standard InChI is InChI=1S/C13H14ClF3N2/c1-2-5-19(9-13(15,16)17)8-11-4-3-10(7-18)6-12(11)14/h3-4,6H,2,5,8-9H2,1H3. The Bertz CT molecular complexity index is 466. The molecule has 1 aromatic rings.